The summed E-state index contributed by atoms with van der Waals surface area (Å²) in [7, 11) is 0. The minimum Gasteiger partial charge on any atom is -0.394 e. The zero-order valence-corrected chi connectivity index (χ0v) is 12.4. The molecule has 1 atom stereocenters. The molecule has 2 N–H and O–H groups in total. The van der Waals surface area contributed by atoms with Gasteiger partial charge in [0, 0.05) is 18.5 Å². The van der Waals surface area contributed by atoms with Gasteiger partial charge in [0.25, 0.3) is 0 Å². The zero-order chi connectivity index (χ0) is 14.7. The second-order valence-electron chi connectivity index (χ2n) is 5.44. The Kier molecular flexibility index (Phi) is 4.20. The molecule has 1 unspecified atom stereocenters. The van der Waals surface area contributed by atoms with E-state index in [1.54, 1.807) is 0 Å². The number of anilines is 2. The van der Waals surface area contributed by atoms with Crippen LogP contribution >= 0.6 is 0 Å². The van der Waals surface area contributed by atoms with Crippen molar-refractivity contribution in [2.24, 2.45) is 0 Å². The lowest BCUT2D eigenvalue weighted by Crippen LogP contribution is -2.42. The van der Waals surface area contributed by atoms with E-state index in [2.05, 4.69) is 21.3 Å². The molecule has 21 heavy (non-hydrogen) atoms. The molecule has 0 aliphatic carbocycles. The minimum absolute atomic E-state index is 0.159. The number of rotatable bonds is 4. The fourth-order valence-electron chi connectivity index (χ4n) is 2.99. The minimum atomic E-state index is 0.159. The molecule has 0 saturated carbocycles. The molecule has 1 saturated heterocycles. The van der Waals surface area contributed by atoms with Crippen molar-refractivity contribution in [3.63, 3.8) is 0 Å². The van der Waals surface area contributed by atoms with Crippen molar-refractivity contribution in [3.8, 4) is 0 Å². The summed E-state index contributed by atoms with van der Waals surface area (Å²) in [6, 6.07) is 8.24. The molecule has 0 amide bonds. The predicted molar refractivity (Wildman–Crippen MR) is 85.8 cm³/mol. The third-order valence-corrected chi connectivity index (χ3v) is 4.03. The molecule has 0 spiro atoms. The smallest absolute Gasteiger partial charge is 0.225 e. The summed E-state index contributed by atoms with van der Waals surface area (Å²) in [5.74, 6) is 1.60. The summed E-state index contributed by atoms with van der Waals surface area (Å²) >= 11 is 0. The second kappa shape index (κ2) is 6.26. The maximum absolute atomic E-state index is 9.67. The Bertz CT molecular complexity index is 616. The average Bonchev–Trinajstić information content (AvgIpc) is 2.54. The van der Waals surface area contributed by atoms with Gasteiger partial charge in [-0.15, -0.1) is 0 Å². The van der Waals surface area contributed by atoms with E-state index in [0.29, 0.717) is 5.95 Å². The quantitative estimate of drug-likeness (QED) is 0.904. The number of nitrogens with zero attached hydrogens (tertiary/aromatic N) is 3. The molecule has 0 bridgehead atoms. The molecule has 0 radical (unpaired) electrons. The van der Waals surface area contributed by atoms with E-state index in [4.69, 9.17) is 4.98 Å². The number of hydrogen-bond acceptors (Lipinski definition) is 5. The van der Waals surface area contributed by atoms with Gasteiger partial charge in [-0.3, -0.25) is 0 Å². The van der Waals surface area contributed by atoms with Crippen LogP contribution in [-0.4, -0.2) is 40.8 Å². The number of aromatic nitrogens is 2. The number of nitrogens with one attached hydrogen (secondary N) is 1. The maximum Gasteiger partial charge on any atom is 0.225 e. The van der Waals surface area contributed by atoms with Crippen LogP contribution in [0.4, 0.5) is 11.8 Å². The van der Waals surface area contributed by atoms with Crippen LogP contribution in [0.1, 0.15) is 26.2 Å². The summed E-state index contributed by atoms with van der Waals surface area (Å²) in [4.78, 5) is 11.5. The van der Waals surface area contributed by atoms with Gasteiger partial charge in [-0.2, -0.15) is 4.98 Å². The van der Waals surface area contributed by atoms with Gasteiger partial charge in [0.2, 0.25) is 5.95 Å². The normalized spacial score (nSPS) is 19.0. The number of aliphatic hydroxyl groups is 1. The molecule has 1 aromatic heterocycles. The van der Waals surface area contributed by atoms with Crippen molar-refractivity contribution >= 4 is 22.7 Å². The standard InChI is InChI=1S/C16H22N4O/c1-2-17-16-18-14-9-4-3-8-13(14)15(19-16)20-10-6-5-7-12(20)11-21/h3-4,8-9,12,21H,2,5-7,10-11H2,1H3,(H,17,18,19). The van der Waals surface area contributed by atoms with Gasteiger partial charge in [-0.1, -0.05) is 12.1 Å². The Morgan fingerprint density at radius 3 is 2.95 bits per heavy atom. The third kappa shape index (κ3) is 2.78. The lowest BCUT2D eigenvalue weighted by atomic mass is 10.0. The van der Waals surface area contributed by atoms with E-state index in [1.807, 2.05) is 25.1 Å². The molecule has 5 nitrogen and oxygen atoms in total. The van der Waals surface area contributed by atoms with Crippen LogP contribution in [-0.2, 0) is 0 Å². The topological polar surface area (TPSA) is 61.3 Å². The summed E-state index contributed by atoms with van der Waals surface area (Å²) in [6.07, 6.45) is 3.33. The molecule has 5 heteroatoms. The van der Waals surface area contributed by atoms with Crippen molar-refractivity contribution in [3.05, 3.63) is 24.3 Å². The van der Waals surface area contributed by atoms with Crippen molar-refractivity contribution < 1.29 is 5.11 Å². The number of fused-ring (bicyclic) bond motifs is 1. The Morgan fingerprint density at radius 2 is 2.14 bits per heavy atom. The van der Waals surface area contributed by atoms with Crippen molar-refractivity contribution in [2.75, 3.05) is 29.9 Å². The van der Waals surface area contributed by atoms with Crippen LogP contribution in [0.2, 0.25) is 0 Å². The fraction of sp³-hybridized carbons (Fsp3) is 0.500. The highest BCUT2D eigenvalue weighted by atomic mass is 16.3. The summed E-state index contributed by atoms with van der Waals surface area (Å²) in [6.45, 7) is 3.95. The van der Waals surface area contributed by atoms with E-state index < -0.39 is 0 Å². The predicted octanol–water partition coefficient (Wildman–Crippen LogP) is 2.41. The summed E-state index contributed by atoms with van der Waals surface area (Å²) < 4.78 is 0. The van der Waals surface area contributed by atoms with Crippen LogP contribution in [0.15, 0.2) is 24.3 Å². The van der Waals surface area contributed by atoms with Crippen LogP contribution in [0.3, 0.4) is 0 Å². The van der Waals surface area contributed by atoms with E-state index in [-0.39, 0.29) is 12.6 Å². The van der Waals surface area contributed by atoms with E-state index >= 15 is 0 Å². The zero-order valence-electron chi connectivity index (χ0n) is 12.4. The van der Waals surface area contributed by atoms with Crippen molar-refractivity contribution in [2.45, 2.75) is 32.2 Å². The number of piperidine rings is 1. The molecule has 3 rings (SSSR count). The molecule has 2 aromatic rings. The van der Waals surface area contributed by atoms with Crippen LogP contribution in [0.5, 0.6) is 0 Å². The van der Waals surface area contributed by atoms with Gasteiger partial charge >= 0.3 is 0 Å². The van der Waals surface area contributed by atoms with Crippen LogP contribution in [0.25, 0.3) is 10.9 Å². The Morgan fingerprint density at radius 1 is 1.29 bits per heavy atom. The highest BCUT2D eigenvalue weighted by molar-refractivity contribution is 5.90. The monoisotopic (exact) mass is 286 g/mol. The highest BCUT2D eigenvalue weighted by Gasteiger charge is 2.25. The Labute approximate surface area is 125 Å². The van der Waals surface area contributed by atoms with Gasteiger partial charge < -0.3 is 15.3 Å². The first-order valence-electron chi connectivity index (χ1n) is 7.71. The molecule has 2 heterocycles. The fourth-order valence-corrected chi connectivity index (χ4v) is 2.99. The van der Waals surface area contributed by atoms with E-state index in [0.717, 1.165) is 42.7 Å². The second-order valence-corrected chi connectivity index (χ2v) is 5.44. The van der Waals surface area contributed by atoms with Gasteiger partial charge in [0.15, 0.2) is 0 Å². The number of para-hydroxylation sites is 1. The number of benzene rings is 1. The SMILES string of the molecule is CCNc1nc(N2CCCCC2CO)c2ccccc2n1. The molecule has 1 aromatic carbocycles. The molecule has 1 aliphatic rings. The first kappa shape index (κ1) is 14.1. The third-order valence-electron chi connectivity index (χ3n) is 4.03. The lowest BCUT2D eigenvalue weighted by Gasteiger charge is -2.36. The van der Waals surface area contributed by atoms with E-state index in [1.165, 1.54) is 6.42 Å². The Balaban J connectivity index is 2.10. The van der Waals surface area contributed by atoms with Crippen molar-refractivity contribution in [1.29, 1.82) is 0 Å². The molecule has 112 valence electrons. The maximum atomic E-state index is 9.67. The van der Waals surface area contributed by atoms with Crippen molar-refractivity contribution in [1.82, 2.24) is 9.97 Å². The summed E-state index contributed by atoms with van der Waals surface area (Å²) in [5, 5.41) is 13.9. The van der Waals surface area contributed by atoms with Crippen LogP contribution in [0, 0.1) is 0 Å². The van der Waals surface area contributed by atoms with E-state index in [9.17, 15) is 5.11 Å². The highest BCUT2D eigenvalue weighted by Crippen LogP contribution is 2.30. The molecular formula is C16H22N4O. The number of hydrogen-bond donors (Lipinski definition) is 2. The van der Waals surface area contributed by atoms with Gasteiger partial charge in [0.05, 0.1) is 18.2 Å². The largest absolute Gasteiger partial charge is 0.394 e. The first-order chi connectivity index (χ1) is 10.3. The number of aliphatic hydroxyl groups excluding tert-OH is 1. The average molecular weight is 286 g/mol. The molecule has 1 aliphatic heterocycles. The van der Waals surface area contributed by atoms with Gasteiger partial charge in [-0.05, 0) is 38.3 Å². The van der Waals surface area contributed by atoms with Gasteiger partial charge in [0.1, 0.15) is 5.82 Å². The Hall–Kier alpha value is -1.88. The molecule has 1 fully saturated rings. The summed E-state index contributed by atoms with van der Waals surface area (Å²) in [5.41, 5.74) is 0.945. The molecular weight excluding hydrogens is 264 g/mol. The van der Waals surface area contributed by atoms with Gasteiger partial charge in [-0.25, -0.2) is 4.98 Å². The first-order valence-corrected chi connectivity index (χ1v) is 7.71. The van der Waals surface area contributed by atoms with Crippen LogP contribution < -0.4 is 10.2 Å². The lowest BCUT2D eigenvalue weighted by molar-refractivity contribution is 0.239.